The van der Waals surface area contributed by atoms with Crippen molar-refractivity contribution in [3.05, 3.63) is 35.4 Å². The minimum absolute atomic E-state index is 0.00772. The van der Waals surface area contributed by atoms with Crippen molar-refractivity contribution < 1.29 is 13.2 Å². The van der Waals surface area contributed by atoms with Crippen LogP contribution >= 0.6 is 0 Å². The van der Waals surface area contributed by atoms with Gasteiger partial charge in [-0.25, -0.2) is 8.42 Å². The maximum atomic E-state index is 12.1. The van der Waals surface area contributed by atoms with E-state index < -0.39 is 9.84 Å². The number of sulfone groups is 1. The number of hydrogen-bond acceptors (Lipinski definition) is 4. The number of nitrogens with one attached hydrogen (secondary N) is 1. The van der Waals surface area contributed by atoms with Crippen molar-refractivity contribution in [3.8, 4) is 0 Å². The zero-order valence-corrected chi connectivity index (χ0v) is 15.7. The van der Waals surface area contributed by atoms with Crippen molar-refractivity contribution in [3.63, 3.8) is 0 Å². The zero-order valence-electron chi connectivity index (χ0n) is 14.9. The van der Waals surface area contributed by atoms with E-state index in [1.807, 2.05) is 12.1 Å². The van der Waals surface area contributed by atoms with Crippen LogP contribution in [0.15, 0.2) is 24.3 Å². The molecule has 5 nitrogen and oxygen atoms in total. The molecule has 1 N–H and O–H groups in total. The predicted molar refractivity (Wildman–Crippen MR) is 98.7 cm³/mol. The van der Waals surface area contributed by atoms with Gasteiger partial charge in [0.1, 0.15) is 0 Å². The van der Waals surface area contributed by atoms with Gasteiger partial charge in [0.25, 0.3) is 0 Å². The summed E-state index contributed by atoms with van der Waals surface area (Å²) in [6, 6.07) is 8.35. The summed E-state index contributed by atoms with van der Waals surface area (Å²) < 4.78 is 22.9. The minimum atomic E-state index is -3.01. The lowest BCUT2D eigenvalue weighted by molar-refractivity contribution is -0.124. The maximum absolute atomic E-state index is 12.1. The molecule has 6 heteroatoms. The quantitative estimate of drug-likeness (QED) is 0.867. The number of piperidine rings is 1. The van der Waals surface area contributed by atoms with E-state index in [-0.39, 0.29) is 23.3 Å². The highest BCUT2D eigenvalue weighted by Crippen LogP contribution is 2.19. The average molecular weight is 365 g/mol. The Bertz CT molecular complexity index is 692. The van der Waals surface area contributed by atoms with Gasteiger partial charge in [-0.05, 0) is 49.4 Å². The van der Waals surface area contributed by atoms with Gasteiger partial charge in [0.05, 0.1) is 17.4 Å². The second-order valence-corrected chi connectivity index (χ2v) is 9.82. The van der Waals surface area contributed by atoms with Crippen LogP contribution in [0.2, 0.25) is 0 Å². The Morgan fingerprint density at radius 2 is 1.76 bits per heavy atom. The van der Waals surface area contributed by atoms with Crippen molar-refractivity contribution in [2.45, 2.75) is 39.3 Å². The molecule has 0 radical (unpaired) electrons. The first-order chi connectivity index (χ1) is 11.9. The number of carbonyl (C=O) groups is 1. The van der Waals surface area contributed by atoms with E-state index in [1.165, 1.54) is 31.5 Å². The Balaban J connectivity index is 1.45. The fourth-order valence-electron chi connectivity index (χ4n) is 3.58. The van der Waals surface area contributed by atoms with Crippen LogP contribution in [-0.2, 0) is 27.7 Å². The van der Waals surface area contributed by atoms with Crippen LogP contribution in [0, 0.1) is 11.8 Å². The molecule has 1 amide bonds. The number of hydrogen-bond donors (Lipinski definition) is 1. The lowest BCUT2D eigenvalue weighted by atomic mass is 9.99. The molecular weight excluding hydrogens is 336 g/mol. The molecule has 2 aliphatic rings. The number of amides is 1. The second-order valence-electron chi connectivity index (χ2n) is 7.59. The Morgan fingerprint density at radius 3 is 2.36 bits per heavy atom. The Labute approximate surface area is 150 Å². The number of rotatable bonds is 5. The van der Waals surface area contributed by atoms with Gasteiger partial charge in [0.2, 0.25) is 5.91 Å². The third kappa shape index (κ3) is 5.28. The van der Waals surface area contributed by atoms with E-state index in [0.29, 0.717) is 13.0 Å². The Kier molecular flexibility index (Phi) is 5.79. The molecule has 0 aliphatic carbocycles. The molecule has 2 heterocycles. The molecule has 0 bridgehead atoms. The largest absolute Gasteiger partial charge is 0.352 e. The van der Waals surface area contributed by atoms with Gasteiger partial charge in [-0.15, -0.1) is 0 Å². The molecule has 2 fully saturated rings. The molecule has 1 aromatic carbocycles. The lowest BCUT2D eigenvalue weighted by Crippen LogP contribution is -2.32. The van der Waals surface area contributed by atoms with Crippen LogP contribution in [0.4, 0.5) is 0 Å². The Morgan fingerprint density at radius 1 is 1.12 bits per heavy atom. The molecule has 3 rings (SSSR count). The lowest BCUT2D eigenvalue weighted by Gasteiger charge is -2.30. The van der Waals surface area contributed by atoms with E-state index >= 15 is 0 Å². The second kappa shape index (κ2) is 7.87. The molecule has 2 saturated heterocycles. The van der Waals surface area contributed by atoms with Gasteiger partial charge in [0, 0.05) is 13.1 Å². The van der Waals surface area contributed by atoms with Gasteiger partial charge in [-0.1, -0.05) is 31.2 Å². The van der Waals surface area contributed by atoms with Crippen molar-refractivity contribution in [2.24, 2.45) is 11.8 Å². The van der Waals surface area contributed by atoms with Crippen molar-refractivity contribution in [1.82, 2.24) is 10.2 Å². The van der Waals surface area contributed by atoms with E-state index in [4.69, 9.17) is 0 Å². The molecule has 1 aromatic rings. The molecule has 2 aliphatic heterocycles. The van der Waals surface area contributed by atoms with Crippen LogP contribution in [-0.4, -0.2) is 43.8 Å². The number of likely N-dealkylation sites (tertiary alicyclic amines) is 1. The molecule has 0 aromatic heterocycles. The van der Waals surface area contributed by atoms with E-state index in [0.717, 1.165) is 18.0 Å². The topological polar surface area (TPSA) is 66.5 Å². The van der Waals surface area contributed by atoms with Gasteiger partial charge >= 0.3 is 0 Å². The SMILES string of the molecule is CC1CCN(Cc2ccc(CNC(=O)[C@H]3CCS(=O)(=O)C3)cc2)CC1. The van der Waals surface area contributed by atoms with Crippen LogP contribution in [0.3, 0.4) is 0 Å². The standard InChI is InChI=1S/C19H28N2O3S/c1-15-6-9-21(10-7-15)13-17-4-2-16(3-5-17)12-20-19(22)18-8-11-25(23,24)14-18/h2-5,15,18H,6-14H2,1H3,(H,20,22)/t18-/m0/s1. The van der Waals surface area contributed by atoms with E-state index in [9.17, 15) is 13.2 Å². The van der Waals surface area contributed by atoms with Gasteiger partial charge in [-0.3, -0.25) is 9.69 Å². The van der Waals surface area contributed by atoms with E-state index in [2.05, 4.69) is 29.3 Å². The summed E-state index contributed by atoms with van der Waals surface area (Å²) in [7, 11) is -3.01. The summed E-state index contributed by atoms with van der Waals surface area (Å²) in [6.07, 6.45) is 3.00. The summed E-state index contributed by atoms with van der Waals surface area (Å²) in [4.78, 5) is 14.6. The van der Waals surface area contributed by atoms with Gasteiger partial charge in [-0.2, -0.15) is 0 Å². The monoisotopic (exact) mass is 364 g/mol. The van der Waals surface area contributed by atoms with Crippen molar-refractivity contribution in [2.75, 3.05) is 24.6 Å². The van der Waals surface area contributed by atoms with Crippen molar-refractivity contribution in [1.29, 1.82) is 0 Å². The average Bonchev–Trinajstić information content (AvgIpc) is 2.96. The highest BCUT2D eigenvalue weighted by Gasteiger charge is 2.32. The first-order valence-corrected chi connectivity index (χ1v) is 11.0. The number of nitrogens with zero attached hydrogens (tertiary/aromatic N) is 1. The highest BCUT2D eigenvalue weighted by molar-refractivity contribution is 7.91. The zero-order chi connectivity index (χ0) is 17.9. The number of carbonyl (C=O) groups excluding carboxylic acids is 1. The van der Waals surface area contributed by atoms with Crippen molar-refractivity contribution >= 4 is 15.7 Å². The first-order valence-electron chi connectivity index (χ1n) is 9.19. The molecule has 0 unspecified atom stereocenters. The Hall–Kier alpha value is -1.40. The highest BCUT2D eigenvalue weighted by atomic mass is 32.2. The number of benzene rings is 1. The van der Waals surface area contributed by atoms with Crippen LogP contribution in [0.1, 0.15) is 37.3 Å². The van der Waals surface area contributed by atoms with Gasteiger partial charge < -0.3 is 5.32 Å². The van der Waals surface area contributed by atoms with E-state index in [1.54, 1.807) is 0 Å². The smallest absolute Gasteiger partial charge is 0.224 e. The molecule has 25 heavy (non-hydrogen) atoms. The van der Waals surface area contributed by atoms with Gasteiger partial charge in [0.15, 0.2) is 9.84 Å². The summed E-state index contributed by atoms with van der Waals surface area (Å²) >= 11 is 0. The maximum Gasteiger partial charge on any atom is 0.224 e. The predicted octanol–water partition coefficient (Wildman–Crippen LogP) is 1.97. The fourth-order valence-corrected chi connectivity index (χ4v) is 5.32. The molecule has 138 valence electrons. The molecule has 0 spiro atoms. The third-order valence-corrected chi connectivity index (χ3v) is 7.14. The summed E-state index contributed by atoms with van der Waals surface area (Å²) in [5.74, 6) is 0.442. The normalized spacial score (nSPS) is 24.3. The summed E-state index contributed by atoms with van der Waals surface area (Å²) in [5.41, 5.74) is 2.34. The molecule has 1 atom stereocenters. The molecular formula is C19H28N2O3S. The molecule has 0 saturated carbocycles. The third-order valence-electron chi connectivity index (χ3n) is 5.38. The first kappa shape index (κ1) is 18.4. The summed E-state index contributed by atoms with van der Waals surface area (Å²) in [5, 5.41) is 2.87. The minimum Gasteiger partial charge on any atom is -0.352 e. The summed E-state index contributed by atoms with van der Waals surface area (Å²) in [6.45, 7) is 6.10. The van der Waals surface area contributed by atoms with Crippen LogP contribution in [0.25, 0.3) is 0 Å². The van der Waals surface area contributed by atoms with Crippen LogP contribution < -0.4 is 5.32 Å². The fraction of sp³-hybridized carbons (Fsp3) is 0.632. The van der Waals surface area contributed by atoms with Crippen LogP contribution in [0.5, 0.6) is 0 Å².